The normalized spacial score (nSPS) is 10.2. The molecule has 0 amide bonds. The summed E-state index contributed by atoms with van der Waals surface area (Å²) in [5.41, 5.74) is 2.29. The van der Waals surface area contributed by atoms with Crippen molar-refractivity contribution < 1.29 is 9.90 Å². The van der Waals surface area contributed by atoms with E-state index in [1.54, 1.807) is 18.3 Å². The maximum Gasteiger partial charge on any atom is 0.335 e. The molecule has 0 bridgehead atoms. The van der Waals surface area contributed by atoms with Gasteiger partial charge in [0.2, 0.25) is 0 Å². The van der Waals surface area contributed by atoms with E-state index in [4.69, 9.17) is 5.11 Å². The molecule has 0 spiro atoms. The standard InChI is InChI=1S/C15H16N2O2/c1-2-17(11-13-5-3-4-10-16-13)14-8-6-12(7-9-14)15(18)19/h3-10H,2,11H2,1H3,(H,18,19). The van der Waals surface area contributed by atoms with Crippen LogP contribution in [0.25, 0.3) is 0 Å². The van der Waals surface area contributed by atoms with Gasteiger partial charge in [-0.25, -0.2) is 4.79 Å². The molecule has 2 aromatic rings. The van der Waals surface area contributed by atoms with E-state index in [1.165, 1.54) is 0 Å². The first-order valence-electron chi connectivity index (χ1n) is 6.19. The molecule has 0 radical (unpaired) electrons. The molecule has 0 saturated carbocycles. The van der Waals surface area contributed by atoms with Crippen molar-refractivity contribution in [2.75, 3.05) is 11.4 Å². The number of pyridine rings is 1. The highest BCUT2D eigenvalue weighted by Gasteiger charge is 2.07. The number of rotatable bonds is 5. The topological polar surface area (TPSA) is 53.4 Å². The highest BCUT2D eigenvalue weighted by molar-refractivity contribution is 5.88. The third-order valence-corrected chi connectivity index (χ3v) is 2.94. The fraction of sp³-hybridized carbons (Fsp3) is 0.200. The molecule has 0 aliphatic carbocycles. The molecule has 0 saturated heterocycles. The SMILES string of the molecule is CCN(Cc1ccccn1)c1ccc(C(=O)O)cc1. The van der Waals surface area contributed by atoms with Crippen molar-refractivity contribution in [1.29, 1.82) is 0 Å². The highest BCUT2D eigenvalue weighted by atomic mass is 16.4. The van der Waals surface area contributed by atoms with Gasteiger partial charge in [-0.15, -0.1) is 0 Å². The van der Waals surface area contributed by atoms with Crippen LogP contribution >= 0.6 is 0 Å². The number of nitrogens with zero attached hydrogens (tertiary/aromatic N) is 2. The molecule has 0 atom stereocenters. The van der Waals surface area contributed by atoms with Crippen molar-refractivity contribution in [1.82, 2.24) is 4.98 Å². The zero-order valence-electron chi connectivity index (χ0n) is 10.8. The van der Waals surface area contributed by atoms with Crippen LogP contribution in [0.2, 0.25) is 0 Å². The van der Waals surface area contributed by atoms with Gasteiger partial charge in [-0.3, -0.25) is 4.98 Å². The molecular weight excluding hydrogens is 240 g/mol. The lowest BCUT2D eigenvalue weighted by Gasteiger charge is -2.22. The molecule has 0 aliphatic heterocycles. The summed E-state index contributed by atoms with van der Waals surface area (Å²) in [6.45, 7) is 3.61. The molecular formula is C15H16N2O2. The predicted octanol–water partition coefficient (Wildman–Crippen LogP) is 2.81. The fourth-order valence-corrected chi connectivity index (χ4v) is 1.89. The summed E-state index contributed by atoms with van der Waals surface area (Å²) in [5.74, 6) is -0.903. The number of carbonyl (C=O) groups is 1. The van der Waals surface area contributed by atoms with Crippen molar-refractivity contribution in [2.24, 2.45) is 0 Å². The summed E-state index contributed by atoms with van der Waals surface area (Å²) < 4.78 is 0. The van der Waals surface area contributed by atoms with Crippen molar-refractivity contribution in [3.63, 3.8) is 0 Å². The van der Waals surface area contributed by atoms with E-state index in [-0.39, 0.29) is 0 Å². The summed E-state index contributed by atoms with van der Waals surface area (Å²) in [6.07, 6.45) is 1.77. The van der Waals surface area contributed by atoms with E-state index in [0.29, 0.717) is 12.1 Å². The zero-order valence-corrected chi connectivity index (χ0v) is 10.8. The molecule has 1 aromatic carbocycles. The molecule has 4 heteroatoms. The summed E-state index contributed by atoms with van der Waals surface area (Å²) in [6, 6.07) is 12.7. The third kappa shape index (κ3) is 3.31. The lowest BCUT2D eigenvalue weighted by Crippen LogP contribution is -2.22. The van der Waals surface area contributed by atoms with E-state index in [0.717, 1.165) is 17.9 Å². The number of aromatic nitrogens is 1. The van der Waals surface area contributed by atoms with Crippen molar-refractivity contribution in [2.45, 2.75) is 13.5 Å². The number of anilines is 1. The first-order valence-corrected chi connectivity index (χ1v) is 6.19. The van der Waals surface area contributed by atoms with Crippen LogP contribution in [0.5, 0.6) is 0 Å². The van der Waals surface area contributed by atoms with Crippen LogP contribution in [-0.2, 0) is 6.54 Å². The molecule has 0 fully saturated rings. The van der Waals surface area contributed by atoms with Gasteiger partial charge in [0.15, 0.2) is 0 Å². The van der Waals surface area contributed by atoms with E-state index < -0.39 is 5.97 Å². The summed E-state index contributed by atoms with van der Waals surface area (Å²) in [7, 11) is 0. The molecule has 98 valence electrons. The number of hydrogen-bond acceptors (Lipinski definition) is 3. The molecule has 1 heterocycles. The van der Waals surface area contributed by atoms with Gasteiger partial charge in [0.05, 0.1) is 17.8 Å². The van der Waals surface area contributed by atoms with Crippen LogP contribution in [0.1, 0.15) is 23.0 Å². The van der Waals surface area contributed by atoms with E-state index >= 15 is 0 Å². The Morgan fingerprint density at radius 3 is 2.47 bits per heavy atom. The Kier molecular flexibility index (Phi) is 4.13. The molecule has 2 rings (SSSR count). The van der Waals surface area contributed by atoms with Crippen molar-refractivity contribution in [3.05, 3.63) is 59.9 Å². The molecule has 0 unspecified atom stereocenters. The molecule has 1 aromatic heterocycles. The minimum absolute atomic E-state index is 0.303. The lowest BCUT2D eigenvalue weighted by atomic mass is 10.2. The minimum Gasteiger partial charge on any atom is -0.478 e. The van der Waals surface area contributed by atoms with Crippen molar-refractivity contribution in [3.8, 4) is 0 Å². The highest BCUT2D eigenvalue weighted by Crippen LogP contribution is 2.17. The molecule has 4 nitrogen and oxygen atoms in total. The average molecular weight is 256 g/mol. The Morgan fingerprint density at radius 1 is 1.21 bits per heavy atom. The van der Waals surface area contributed by atoms with Gasteiger partial charge in [0.1, 0.15) is 0 Å². The van der Waals surface area contributed by atoms with Crippen LogP contribution in [0.15, 0.2) is 48.7 Å². The van der Waals surface area contributed by atoms with Crippen molar-refractivity contribution >= 4 is 11.7 Å². The van der Waals surface area contributed by atoms with Gasteiger partial charge < -0.3 is 10.0 Å². The maximum atomic E-state index is 10.8. The third-order valence-electron chi connectivity index (χ3n) is 2.94. The Morgan fingerprint density at radius 2 is 1.95 bits per heavy atom. The summed E-state index contributed by atoms with van der Waals surface area (Å²) >= 11 is 0. The largest absolute Gasteiger partial charge is 0.478 e. The van der Waals surface area contributed by atoms with Gasteiger partial charge >= 0.3 is 5.97 Å². The lowest BCUT2D eigenvalue weighted by molar-refractivity contribution is 0.0697. The monoisotopic (exact) mass is 256 g/mol. The zero-order chi connectivity index (χ0) is 13.7. The second kappa shape index (κ2) is 6.00. The first kappa shape index (κ1) is 13.1. The van der Waals surface area contributed by atoms with Gasteiger partial charge in [-0.2, -0.15) is 0 Å². The number of carboxylic acids is 1. The van der Waals surface area contributed by atoms with Crippen LogP contribution in [0, 0.1) is 0 Å². The smallest absolute Gasteiger partial charge is 0.335 e. The predicted molar refractivity (Wildman–Crippen MR) is 74.4 cm³/mol. The second-order valence-electron chi connectivity index (χ2n) is 4.19. The summed E-state index contributed by atoms with van der Waals surface area (Å²) in [4.78, 5) is 17.3. The quantitative estimate of drug-likeness (QED) is 0.893. The van der Waals surface area contributed by atoms with Gasteiger partial charge in [0.25, 0.3) is 0 Å². The Bertz CT molecular complexity index is 538. The average Bonchev–Trinajstić information content (AvgIpc) is 2.46. The number of benzene rings is 1. The second-order valence-corrected chi connectivity index (χ2v) is 4.19. The van der Waals surface area contributed by atoms with Crippen LogP contribution in [0.3, 0.4) is 0 Å². The Hall–Kier alpha value is -2.36. The van der Waals surface area contributed by atoms with E-state index in [9.17, 15) is 4.79 Å². The molecule has 1 N–H and O–H groups in total. The maximum absolute atomic E-state index is 10.8. The van der Waals surface area contributed by atoms with E-state index in [2.05, 4.69) is 16.8 Å². The molecule has 0 aliphatic rings. The number of carboxylic acid groups (broad SMARTS) is 1. The fourth-order valence-electron chi connectivity index (χ4n) is 1.89. The van der Waals surface area contributed by atoms with Crippen LogP contribution in [0.4, 0.5) is 5.69 Å². The van der Waals surface area contributed by atoms with Gasteiger partial charge in [-0.05, 0) is 43.3 Å². The van der Waals surface area contributed by atoms with Gasteiger partial charge in [-0.1, -0.05) is 6.07 Å². The first-order chi connectivity index (χ1) is 9.20. The number of hydrogen-bond donors (Lipinski definition) is 1. The summed E-state index contributed by atoms with van der Waals surface area (Å²) in [5, 5.41) is 8.88. The van der Waals surface area contributed by atoms with Gasteiger partial charge in [0, 0.05) is 18.4 Å². The minimum atomic E-state index is -0.903. The number of aromatic carboxylic acids is 1. The van der Waals surface area contributed by atoms with Crippen LogP contribution in [-0.4, -0.2) is 22.6 Å². The van der Waals surface area contributed by atoms with Crippen LogP contribution < -0.4 is 4.90 Å². The molecule has 19 heavy (non-hydrogen) atoms. The van der Waals surface area contributed by atoms with E-state index in [1.807, 2.05) is 30.3 Å². The Balaban J connectivity index is 2.15. The Labute approximate surface area is 112 Å².